The molecule has 0 unspecified atom stereocenters. The maximum atomic E-state index is 4.30. The van der Waals surface area contributed by atoms with E-state index in [9.17, 15) is 0 Å². The Hall–Kier alpha value is -1.55. The maximum absolute atomic E-state index is 4.30. The molecule has 0 spiro atoms. The second-order valence-corrected chi connectivity index (χ2v) is 6.89. The lowest BCUT2D eigenvalue weighted by Gasteiger charge is -2.30. The van der Waals surface area contributed by atoms with E-state index in [1.165, 1.54) is 50.9 Å². The molecule has 0 bridgehead atoms. The first-order valence-electron chi connectivity index (χ1n) is 9.48. The molecule has 1 aromatic carbocycles. The standard InChI is InChI=1S/C20H34N4/c1-18-11-16-24(17-12-18)15-7-6-13-22-20(21-2)23-14-10-19-8-4-3-5-9-19/h3-5,8-9,18H,6-7,10-17H2,1-2H3,(H2,21,22,23). The molecule has 2 N–H and O–H groups in total. The van der Waals surface area contributed by atoms with Gasteiger partial charge in [0.05, 0.1) is 0 Å². The van der Waals surface area contributed by atoms with Crippen LogP contribution in [0, 0.1) is 5.92 Å². The Morgan fingerprint density at radius 2 is 1.79 bits per heavy atom. The van der Waals surface area contributed by atoms with Gasteiger partial charge in [-0.15, -0.1) is 0 Å². The third kappa shape index (κ3) is 7.35. The number of rotatable bonds is 8. The van der Waals surface area contributed by atoms with Crippen LogP contribution in [0.15, 0.2) is 35.3 Å². The predicted molar refractivity (Wildman–Crippen MR) is 104 cm³/mol. The summed E-state index contributed by atoms with van der Waals surface area (Å²) in [5.74, 6) is 1.84. The average Bonchev–Trinajstić information content (AvgIpc) is 2.62. The molecular weight excluding hydrogens is 296 g/mol. The summed E-state index contributed by atoms with van der Waals surface area (Å²) in [6.07, 6.45) is 6.23. The van der Waals surface area contributed by atoms with Crippen LogP contribution in [0.2, 0.25) is 0 Å². The molecule has 1 fully saturated rings. The number of piperidine rings is 1. The van der Waals surface area contributed by atoms with Crippen molar-refractivity contribution in [3.05, 3.63) is 35.9 Å². The Morgan fingerprint density at radius 1 is 1.08 bits per heavy atom. The number of hydrogen-bond donors (Lipinski definition) is 2. The number of unbranched alkanes of at least 4 members (excludes halogenated alkanes) is 1. The summed E-state index contributed by atoms with van der Waals surface area (Å²) in [4.78, 5) is 6.92. The quantitative estimate of drug-likeness (QED) is 0.437. The molecule has 1 aromatic rings. The van der Waals surface area contributed by atoms with Crippen molar-refractivity contribution in [2.75, 3.05) is 39.8 Å². The van der Waals surface area contributed by atoms with Gasteiger partial charge in [-0.05, 0) is 63.2 Å². The molecule has 0 amide bonds. The van der Waals surface area contributed by atoms with E-state index in [-0.39, 0.29) is 0 Å². The van der Waals surface area contributed by atoms with Gasteiger partial charge >= 0.3 is 0 Å². The molecular formula is C20H34N4. The van der Waals surface area contributed by atoms with Crippen molar-refractivity contribution < 1.29 is 0 Å². The summed E-state index contributed by atoms with van der Waals surface area (Å²) in [5, 5.41) is 6.81. The highest BCUT2D eigenvalue weighted by atomic mass is 15.2. The second kappa shape index (κ2) is 11.1. The average molecular weight is 331 g/mol. The van der Waals surface area contributed by atoms with Crippen molar-refractivity contribution in [2.45, 2.75) is 39.0 Å². The van der Waals surface area contributed by atoms with Gasteiger partial charge in [0, 0.05) is 20.1 Å². The fourth-order valence-electron chi connectivity index (χ4n) is 3.14. The fraction of sp³-hybridized carbons (Fsp3) is 0.650. The highest BCUT2D eigenvalue weighted by Crippen LogP contribution is 2.15. The molecule has 0 atom stereocenters. The summed E-state index contributed by atoms with van der Waals surface area (Å²) in [6, 6.07) is 10.6. The van der Waals surface area contributed by atoms with Gasteiger partial charge in [0.1, 0.15) is 0 Å². The second-order valence-electron chi connectivity index (χ2n) is 6.89. The third-order valence-electron chi connectivity index (χ3n) is 4.84. The molecule has 0 saturated carbocycles. The van der Waals surface area contributed by atoms with Crippen molar-refractivity contribution in [1.29, 1.82) is 0 Å². The van der Waals surface area contributed by atoms with E-state index in [0.29, 0.717) is 0 Å². The zero-order valence-electron chi connectivity index (χ0n) is 15.4. The first-order valence-corrected chi connectivity index (χ1v) is 9.48. The molecule has 1 saturated heterocycles. The minimum absolute atomic E-state index is 0.912. The normalized spacial score (nSPS) is 17.0. The van der Waals surface area contributed by atoms with Crippen LogP contribution < -0.4 is 10.6 Å². The highest BCUT2D eigenvalue weighted by Gasteiger charge is 2.14. The predicted octanol–water partition coefficient (Wildman–Crippen LogP) is 2.91. The van der Waals surface area contributed by atoms with Crippen molar-refractivity contribution in [1.82, 2.24) is 15.5 Å². The number of likely N-dealkylation sites (tertiary alicyclic amines) is 1. The maximum Gasteiger partial charge on any atom is 0.190 e. The molecule has 4 heteroatoms. The molecule has 2 rings (SSSR count). The number of guanidine groups is 1. The van der Waals surface area contributed by atoms with Gasteiger partial charge < -0.3 is 15.5 Å². The van der Waals surface area contributed by atoms with E-state index in [1.54, 1.807) is 0 Å². The zero-order valence-corrected chi connectivity index (χ0v) is 15.4. The summed E-state index contributed by atoms with van der Waals surface area (Å²) >= 11 is 0. The van der Waals surface area contributed by atoms with Crippen molar-refractivity contribution in [2.24, 2.45) is 10.9 Å². The number of hydrogen-bond acceptors (Lipinski definition) is 2. The lowest BCUT2D eigenvalue weighted by atomic mass is 9.99. The molecule has 134 valence electrons. The minimum atomic E-state index is 0.912. The summed E-state index contributed by atoms with van der Waals surface area (Å²) < 4.78 is 0. The highest BCUT2D eigenvalue weighted by molar-refractivity contribution is 5.79. The van der Waals surface area contributed by atoms with Crippen LogP contribution in [0.1, 0.15) is 38.2 Å². The monoisotopic (exact) mass is 330 g/mol. The van der Waals surface area contributed by atoms with Crippen LogP contribution in [0.3, 0.4) is 0 Å². The van der Waals surface area contributed by atoms with E-state index >= 15 is 0 Å². The van der Waals surface area contributed by atoms with Crippen molar-refractivity contribution in [3.8, 4) is 0 Å². The first kappa shape index (κ1) is 18.8. The van der Waals surface area contributed by atoms with E-state index in [0.717, 1.165) is 31.4 Å². The van der Waals surface area contributed by atoms with Crippen molar-refractivity contribution >= 4 is 5.96 Å². The Balaban J connectivity index is 1.50. The van der Waals surface area contributed by atoms with Gasteiger partial charge in [0.25, 0.3) is 0 Å². The number of benzene rings is 1. The van der Waals surface area contributed by atoms with Gasteiger partial charge in [0.15, 0.2) is 5.96 Å². The lowest BCUT2D eigenvalue weighted by Crippen LogP contribution is -2.39. The molecule has 0 radical (unpaired) electrons. The number of nitrogens with zero attached hydrogens (tertiary/aromatic N) is 2. The van der Waals surface area contributed by atoms with Crippen LogP contribution in [0.5, 0.6) is 0 Å². The van der Waals surface area contributed by atoms with Crippen LogP contribution in [-0.2, 0) is 6.42 Å². The van der Waals surface area contributed by atoms with Gasteiger partial charge in [0.2, 0.25) is 0 Å². The Morgan fingerprint density at radius 3 is 2.50 bits per heavy atom. The lowest BCUT2D eigenvalue weighted by molar-refractivity contribution is 0.189. The number of nitrogens with one attached hydrogen (secondary N) is 2. The smallest absolute Gasteiger partial charge is 0.190 e. The Kier molecular flexibility index (Phi) is 8.67. The molecule has 24 heavy (non-hydrogen) atoms. The van der Waals surface area contributed by atoms with Crippen LogP contribution >= 0.6 is 0 Å². The number of aliphatic imine (C=N–C) groups is 1. The van der Waals surface area contributed by atoms with E-state index < -0.39 is 0 Å². The molecule has 0 aromatic heterocycles. The Bertz CT molecular complexity index is 464. The zero-order chi connectivity index (χ0) is 17.0. The minimum Gasteiger partial charge on any atom is -0.356 e. The van der Waals surface area contributed by atoms with Gasteiger partial charge in [-0.3, -0.25) is 4.99 Å². The first-order chi connectivity index (χ1) is 11.8. The third-order valence-corrected chi connectivity index (χ3v) is 4.84. The summed E-state index contributed by atoms with van der Waals surface area (Å²) in [6.45, 7) is 8.10. The molecule has 1 heterocycles. The van der Waals surface area contributed by atoms with Gasteiger partial charge in [-0.2, -0.15) is 0 Å². The van der Waals surface area contributed by atoms with Crippen LogP contribution in [0.25, 0.3) is 0 Å². The van der Waals surface area contributed by atoms with Crippen LogP contribution in [0.4, 0.5) is 0 Å². The molecule has 0 aliphatic carbocycles. The largest absolute Gasteiger partial charge is 0.356 e. The Labute approximate surface area is 147 Å². The van der Waals surface area contributed by atoms with E-state index in [2.05, 4.69) is 57.8 Å². The molecule has 1 aliphatic heterocycles. The summed E-state index contributed by atoms with van der Waals surface area (Å²) in [5.41, 5.74) is 1.36. The SMILES string of the molecule is CN=C(NCCCCN1CCC(C)CC1)NCCc1ccccc1. The van der Waals surface area contributed by atoms with Gasteiger partial charge in [-0.25, -0.2) is 0 Å². The van der Waals surface area contributed by atoms with E-state index in [1.807, 2.05) is 7.05 Å². The molecule has 1 aliphatic rings. The van der Waals surface area contributed by atoms with Crippen LogP contribution in [-0.4, -0.2) is 50.6 Å². The van der Waals surface area contributed by atoms with Crippen molar-refractivity contribution in [3.63, 3.8) is 0 Å². The summed E-state index contributed by atoms with van der Waals surface area (Å²) in [7, 11) is 1.84. The fourth-order valence-corrected chi connectivity index (χ4v) is 3.14. The van der Waals surface area contributed by atoms with Gasteiger partial charge in [-0.1, -0.05) is 37.3 Å². The van der Waals surface area contributed by atoms with E-state index in [4.69, 9.17) is 0 Å². The topological polar surface area (TPSA) is 39.7 Å². The molecule has 4 nitrogen and oxygen atoms in total.